The van der Waals surface area contributed by atoms with Gasteiger partial charge in [-0.05, 0) is 18.1 Å². The van der Waals surface area contributed by atoms with Gasteiger partial charge >= 0.3 is 0 Å². The highest BCUT2D eigenvalue weighted by Gasteiger charge is 2.21. The molecule has 0 spiro atoms. The van der Waals surface area contributed by atoms with Gasteiger partial charge in [-0.1, -0.05) is 36.4 Å². The van der Waals surface area contributed by atoms with Crippen LogP contribution in [-0.2, 0) is 12.8 Å². The highest BCUT2D eigenvalue weighted by atomic mass is 15.1. The van der Waals surface area contributed by atoms with E-state index >= 15 is 0 Å². The Labute approximate surface area is 125 Å². The SMILES string of the molecule is C(=CN1CCc2ccccc21)C=[N+]1CCc2ccccc21. The van der Waals surface area contributed by atoms with E-state index in [1.807, 2.05) is 0 Å². The zero-order valence-corrected chi connectivity index (χ0v) is 12.1. The number of rotatable bonds is 2. The van der Waals surface area contributed by atoms with Crippen molar-refractivity contribution in [1.82, 2.24) is 0 Å². The number of benzene rings is 2. The number of hydrogen-bond donors (Lipinski definition) is 0. The first-order valence-electron chi connectivity index (χ1n) is 7.62. The van der Waals surface area contributed by atoms with Gasteiger partial charge in [0.25, 0.3) is 0 Å². The van der Waals surface area contributed by atoms with E-state index in [9.17, 15) is 0 Å². The topological polar surface area (TPSA) is 6.25 Å². The van der Waals surface area contributed by atoms with Gasteiger partial charge in [0.15, 0.2) is 12.8 Å². The molecule has 0 unspecified atom stereocenters. The summed E-state index contributed by atoms with van der Waals surface area (Å²) in [5, 5.41) is 0. The van der Waals surface area contributed by atoms with E-state index < -0.39 is 0 Å². The molecule has 0 fully saturated rings. The standard InChI is InChI=1S/C19H19N2/c1-3-8-18-16(6-1)10-14-20(18)12-5-13-21-15-11-17-7-2-4-9-19(17)21/h1-9,12-13H,10-11,14-15H2/q+1. The number of anilines is 1. The normalized spacial score (nSPS) is 18.5. The Morgan fingerprint density at radius 3 is 2.67 bits per heavy atom. The van der Waals surface area contributed by atoms with Gasteiger partial charge in [0.1, 0.15) is 0 Å². The zero-order chi connectivity index (χ0) is 14.1. The van der Waals surface area contributed by atoms with Gasteiger partial charge in [-0.2, -0.15) is 4.58 Å². The van der Waals surface area contributed by atoms with Gasteiger partial charge in [-0.15, -0.1) is 0 Å². The van der Waals surface area contributed by atoms with E-state index in [1.165, 1.54) is 22.5 Å². The predicted octanol–water partition coefficient (Wildman–Crippen LogP) is 3.53. The van der Waals surface area contributed by atoms with Crippen molar-refractivity contribution < 1.29 is 4.58 Å². The molecular formula is C19H19N2+. The van der Waals surface area contributed by atoms with E-state index in [0.717, 1.165) is 25.9 Å². The van der Waals surface area contributed by atoms with Crippen LogP contribution in [-0.4, -0.2) is 23.9 Å². The van der Waals surface area contributed by atoms with E-state index in [-0.39, 0.29) is 0 Å². The lowest BCUT2D eigenvalue weighted by atomic mass is 10.2. The number of fused-ring (bicyclic) bond motifs is 2. The third-order valence-corrected chi connectivity index (χ3v) is 4.38. The molecule has 0 aromatic heterocycles. The molecule has 2 aliphatic heterocycles. The van der Waals surface area contributed by atoms with Crippen molar-refractivity contribution in [2.45, 2.75) is 12.8 Å². The van der Waals surface area contributed by atoms with Gasteiger partial charge in [-0.25, -0.2) is 0 Å². The average molecular weight is 275 g/mol. The predicted molar refractivity (Wildman–Crippen MR) is 87.6 cm³/mol. The van der Waals surface area contributed by atoms with E-state index in [1.54, 1.807) is 0 Å². The van der Waals surface area contributed by atoms with Crippen LogP contribution in [0.2, 0.25) is 0 Å². The summed E-state index contributed by atoms with van der Waals surface area (Å²) in [4.78, 5) is 2.34. The molecule has 2 heterocycles. The van der Waals surface area contributed by atoms with Crippen molar-refractivity contribution in [2.24, 2.45) is 0 Å². The van der Waals surface area contributed by atoms with Gasteiger partial charge in [0.05, 0.1) is 0 Å². The lowest BCUT2D eigenvalue weighted by Gasteiger charge is -2.12. The molecule has 21 heavy (non-hydrogen) atoms. The van der Waals surface area contributed by atoms with E-state index in [2.05, 4.69) is 76.5 Å². The third-order valence-electron chi connectivity index (χ3n) is 4.38. The Balaban J connectivity index is 1.55. The van der Waals surface area contributed by atoms with Crippen LogP contribution in [0.5, 0.6) is 0 Å². The summed E-state index contributed by atoms with van der Waals surface area (Å²) in [6, 6.07) is 17.3. The second-order valence-electron chi connectivity index (χ2n) is 5.63. The average Bonchev–Trinajstić information content (AvgIpc) is 3.13. The van der Waals surface area contributed by atoms with Crippen molar-refractivity contribution >= 4 is 17.6 Å². The van der Waals surface area contributed by atoms with Gasteiger partial charge in [-0.3, -0.25) is 0 Å². The second-order valence-corrected chi connectivity index (χ2v) is 5.63. The fraction of sp³-hybridized carbons (Fsp3) is 0.211. The van der Waals surface area contributed by atoms with Crippen LogP contribution >= 0.6 is 0 Å². The number of para-hydroxylation sites is 2. The van der Waals surface area contributed by atoms with Crippen LogP contribution in [0.3, 0.4) is 0 Å². The number of nitrogens with zero attached hydrogens (tertiary/aromatic N) is 2. The molecule has 2 aromatic carbocycles. The van der Waals surface area contributed by atoms with Crippen molar-refractivity contribution in [2.75, 3.05) is 18.0 Å². The molecule has 104 valence electrons. The first-order valence-corrected chi connectivity index (χ1v) is 7.62. The van der Waals surface area contributed by atoms with Crippen LogP contribution in [0, 0.1) is 0 Å². The quantitative estimate of drug-likeness (QED) is 0.760. The molecule has 2 aliphatic rings. The van der Waals surface area contributed by atoms with Crippen LogP contribution in [0.4, 0.5) is 11.4 Å². The van der Waals surface area contributed by atoms with Crippen molar-refractivity contribution in [3.8, 4) is 0 Å². The molecule has 2 aromatic rings. The van der Waals surface area contributed by atoms with Crippen LogP contribution < -0.4 is 4.90 Å². The molecular weight excluding hydrogens is 256 g/mol. The Bertz CT molecular complexity index is 728. The highest BCUT2D eigenvalue weighted by Crippen LogP contribution is 2.27. The lowest BCUT2D eigenvalue weighted by Crippen LogP contribution is -2.12. The molecule has 0 atom stereocenters. The van der Waals surface area contributed by atoms with Crippen LogP contribution in [0.15, 0.2) is 60.8 Å². The summed E-state index contributed by atoms with van der Waals surface area (Å²) in [7, 11) is 0. The minimum absolute atomic E-state index is 1.08. The first kappa shape index (κ1) is 12.4. The van der Waals surface area contributed by atoms with Crippen molar-refractivity contribution in [3.63, 3.8) is 0 Å². The second kappa shape index (κ2) is 5.21. The molecule has 2 nitrogen and oxygen atoms in total. The molecule has 0 saturated carbocycles. The van der Waals surface area contributed by atoms with Gasteiger partial charge in [0.2, 0.25) is 5.69 Å². The summed E-state index contributed by atoms with van der Waals surface area (Å²) in [5.74, 6) is 0. The minimum atomic E-state index is 1.08. The molecule has 4 rings (SSSR count). The molecule has 0 N–H and O–H groups in total. The minimum Gasteiger partial charge on any atom is -0.347 e. The highest BCUT2D eigenvalue weighted by molar-refractivity contribution is 5.71. The van der Waals surface area contributed by atoms with Crippen molar-refractivity contribution in [1.29, 1.82) is 0 Å². The monoisotopic (exact) mass is 275 g/mol. The number of hydrogen-bond acceptors (Lipinski definition) is 1. The first-order chi connectivity index (χ1) is 10.4. The fourth-order valence-corrected chi connectivity index (χ4v) is 3.28. The van der Waals surface area contributed by atoms with Crippen LogP contribution in [0.25, 0.3) is 0 Å². The summed E-state index contributed by atoms with van der Waals surface area (Å²) in [6.07, 6.45) is 8.86. The summed E-state index contributed by atoms with van der Waals surface area (Å²) >= 11 is 0. The fourth-order valence-electron chi connectivity index (χ4n) is 3.28. The Kier molecular flexibility index (Phi) is 3.07. The number of allylic oxidation sites excluding steroid dienone is 1. The smallest absolute Gasteiger partial charge is 0.208 e. The Morgan fingerprint density at radius 1 is 0.905 bits per heavy atom. The summed E-state index contributed by atoms with van der Waals surface area (Å²) in [6.45, 7) is 2.17. The van der Waals surface area contributed by atoms with Gasteiger partial charge < -0.3 is 4.90 Å². The zero-order valence-electron chi connectivity index (χ0n) is 12.1. The largest absolute Gasteiger partial charge is 0.347 e. The Morgan fingerprint density at radius 2 is 1.71 bits per heavy atom. The van der Waals surface area contributed by atoms with E-state index in [0.29, 0.717) is 0 Å². The molecule has 0 amide bonds. The summed E-state index contributed by atoms with van der Waals surface area (Å²) < 4.78 is 2.34. The van der Waals surface area contributed by atoms with Crippen molar-refractivity contribution in [3.05, 3.63) is 71.9 Å². The molecule has 0 bridgehead atoms. The molecule has 0 saturated heterocycles. The maximum absolute atomic E-state index is 2.34. The third kappa shape index (κ3) is 2.27. The van der Waals surface area contributed by atoms with Gasteiger partial charge in [0, 0.05) is 42.6 Å². The lowest BCUT2D eigenvalue weighted by molar-refractivity contribution is -0.423. The maximum Gasteiger partial charge on any atom is 0.208 e. The molecule has 0 radical (unpaired) electrons. The molecule has 0 aliphatic carbocycles. The summed E-state index contributed by atoms with van der Waals surface area (Å²) in [5.41, 5.74) is 5.61. The van der Waals surface area contributed by atoms with E-state index in [4.69, 9.17) is 0 Å². The maximum atomic E-state index is 2.34. The van der Waals surface area contributed by atoms with Crippen LogP contribution in [0.1, 0.15) is 11.1 Å². The molecule has 2 heteroatoms. The Hall–Kier alpha value is -2.35.